The normalized spacial score (nSPS) is 10.1. The van der Waals surface area contributed by atoms with Crippen molar-refractivity contribution >= 4 is 23.3 Å². The Morgan fingerprint density at radius 1 is 1.10 bits per heavy atom. The molecular formula is C15H12ClNO3. The SMILES string of the molecule is NC(=O)c1ccccc1OCC(=O)c1cccc(Cl)c1. The van der Waals surface area contributed by atoms with Gasteiger partial charge in [-0.25, -0.2) is 0 Å². The molecule has 0 radical (unpaired) electrons. The Kier molecular flexibility index (Phi) is 4.38. The Bertz CT molecular complexity index is 655. The molecule has 5 heteroatoms. The summed E-state index contributed by atoms with van der Waals surface area (Å²) in [6.45, 7) is -0.190. The summed E-state index contributed by atoms with van der Waals surface area (Å²) in [6.07, 6.45) is 0. The summed E-state index contributed by atoms with van der Waals surface area (Å²) in [6, 6.07) is 13.1. The van der Waals surface area contributed by atoms with E-state index in [9.17, 15) is 9.59 Å². The van der Waals surface area contributed by atoms with Crippen LogP contribution in [0.4, 0.5) is 0 Å². The molecule has 0 saturated heterocycles. The Labute approximate surface area is 121 Å². The number of Topliss-reactive ketones (excluding diaryl/α,β-unsaturated/α-hetero) is 1. The molecular weight excluding hydrogens is 278 g/mol. The van der Waals surface area contributed by atoms with Crippen LogP contribution in [-0.2, 0) is 0 Å². The number of rotatable bonds is 5. The van der Waals surface area contributed by atoms with E-state index in [4.69, 9.17) is 22.1 Å². The highest BCUT2D eigenvalue weighted by Gasteiger charge is 2.11. The highest BCUT2D eigenvalue weighted by atomic mass is 35.5. The number of nitrogens with two attached hydrogens (primary N) is 1. The molecule has 20 heavy (non-hydrogen) atoms. The first-order chi connectivity index (χ1) is 9.58. The molecule has 1 amide bonds. The zero-order valence-electron chi connectivity index (χ0n) is 10.5. The Morgan fingerprint density at radius 3 is 2.55 bits per heavy atom. The molecule has 0 bridgehead atoms. The summed E-state index contributed by atoms with van der Waals surface area (Å²) < 4.78 is 5.36. The number of ketones is 1. The van der Waals surface area contributed by atoms with Gasteiger partial charge < -0.3 is 10.5 Å². The average molecular weight is 290 g/mol. The first-order valence-corrected chi connectivity index (χ1v) is 6.26. The summed E-state index contributed by atoms with van der Waals surface area (Å²) in [4.78, 5) is 23.2. The van der Waals surface area contributed by atoms with Gasteiger partial charge in [-0.3, -0.25) is 9.59 Å². The van der Waals surface area contributed by atoms with Gasteiger partial charge in [0.05, 0.1) is 5.56 Å². The van der Waals surface area contributed by atoms with Crippen LogP contribution in [0.15, 0.2) is 48.5 Å². The minimum absolute atomic E-state index is 0.190. The van der Waals surface area contributed by atoms with Crippen molar-refractivity contribution in [2.75, 3.05) is 6.61 Å². The van der Waals surface area contributed by atoms with Crippen molar-refractivity contribution in [3.63, 3.8) is 0 Å². The maximum Gasteiger partial charge on any atom is 0.252 e. The van der Waals surface area contributed by atoms with E-state index in [-0.39, 0.29) is 23.7 Å². The Morgan fingerprint density at radius 2 is 1.85 bits per heavy atom. The van der Waals surface area contributed by atoms with Gasteiger partial charge in [0.25, 0.3) is 5.91 Å². The number of ether oxygens (including phenoxy) is 1. The van der Waals surface area contributed by atoms with Crippen LogP contribution in [0.2, 0.25) is 5.02 Å². The number of halogens is 1. The minimum Gasteiger partial charge on any atom is -0.485 e. The van der Waals surface area contributed by atoms with Gasteiger partial charge in [-0.1, -0.05) is 35.9 Å². The molecule has 102 valence electrons. The van der Waals surface area contributed by atoms with Crippen molar-refractivity contribution in [3.05, 3.63) is 64.7 Å². The summed E-state index contributed by atoms with van der Waals surface area (Å²) >= 11 is 5.82. The second-order valence-electron chi connectivity index (χ2n) is 4.08. The summed E-state index contributed by atoms with van der Waals surface area (Å²) in [5.41, 5.74) is 5.93. The highest BCUT2D eigenvalue weighted by molar-refractivity contribution is 6.31. The van der Waals surface area contributed by atoms with Crippen molar-refractivity contribution in [1.29, 1.82) is 0 Å². The predicted molar refractivity (Wildman–Crippen MR) is 76.2 cm³/mol. The molecule has 2 aromatic carbocycles. The van der Waals surface area contributed by atoms with E-state index in [1.165, 1.54) is 0 Å². The highest BCUT2D eigenvalue weighted by Crippen LogP contribution is 2.18. The largest absolute Gasteiger partial charge is 0.485 e. The van der Waals surface area contributed by atoms with Gasteiger partial charge in [-0.15, -0.1) is 0 Å². The van der Waals surface area contributed by atoms with Gasteiger partial charge in [0.2, 0.25) is 0 Å². The average Bonchev–Trinajstić information content (AvgIpc) is 2.45. The number of carbonyl (C=O) groups excluding carboxylic acids is 2. The number of amides is 1. The topological polar surface area (TPSA) is 69.4 Å². The van der Waals surface area contributed by atoms with Gasteiger partial charge in [0.15, 0.2) is 12.4 Å². The quantitative estimate of drug-likeness (QED) is 0.860. The monoisotopic (exact) mass is 289 g/mol. The van der Waals surface area contributed by atoms with Crippen molar-refractivity contribution in [1.82, 2.24) is 0 Å². The third kappa shape index (κ3) is 3.36. The van der Waals surface area contributed by atoms with Crippen LogP contribution in [0.25, 0.3) is 0 Å². The summed E-state index contributed by atoms with van der Waals surface area (Å²) in [5, 5.41) is 0.480. The molecule has 0 aliphatic heterocycles. The molecule has 2 N–H and O–H groups in total. The van der Waals surface area contributed by atoms with Gasteiger partial charge >= 0.3 is 0 Å². The van der Waals surface area contributed by atoms with Crippen LogP contribution >= 0.6 is 11.6 Å². The molecule has 0 aromatic heterocycles. The van der Waals surface area contributed by atoms with Gasteiger partial charge in [-0.05, 0) is 24.3 Å². The number of benzene rings is 2. The van der Waals surface area contributed by atoms with Crippen LogP contribution in [0.5, 0.6) is 5.75 Å². The molecule has 4 nitrogen and oxygen atoms in total. The molecule has 0 aliphatic rings. The fourth-order valence-corrected chi connectivity index (χ4v) is 1.87. The number of primary amides is 1. The first kappa shape index (κ1) is 14.1. The molecule has 0 atom stereocenters. The third-order valence-electron chi connectivity index (χ3n) is 2.66. The molecule has 0 heterocycles. The van der Waals surface area contributed by atoms with E-state index in [0.717, 1.165) is 0 Å². The van der Waals surface area contributed by atoms with Crippen LogP contribution < -0.4 is 10.5 Å². The van der Waals surface area contributed by atoms with E-state index in [2.05, 4.69) is 0 Å². The Balaban J connectivity index is 2.09. The fraction of sp³-hybridized carbons (Fsp3) is 0.0667. The maximum atomic E-state index is 12.0. The van der Waals surface area contributed by atoms with Crippen molar-refractivity contribution in [3.8, 4) is 5.75 Å². The molecule has 0 spiro atoms. The van der Waals surface area contributed by atoms with Crippen LogP contribution in [-0.4, -0.2) is 18.3 Å². The van der Waals surface area contributed by atoms with E-state index < -0.39 is 5.91 Å². The zero-order chi connectivity index (χ0) is 14.5. The lowest BCUT2D eigenvalue weighted by Crippen LogP contribution is -2.16. The molecule has 2 rings (SSSR count). The van der Waals surface area contributed by atoms with E-state index >= 15 is 0 Å². The molecule has 0 saturated carbocycles. The lowest BCUT2D eigenvalue weighted by molar-refractivity contribution is 0.0912. The van der Waals surface area contributed by atoms with E-state index in [0.29, 0.717) is 10.6 Å². The predicted octanol–water partition coefficient (Wildman–Crippen LogP) is 2.70. The molecule has 2 aromatic rings. The van der Waals surface area contributed by atoms with E-state index in [1.54, 1.807) is 48.5 Å². The van der Waals surface area contributed by atoms with Gasteiger partial charge in [-0.2, -0.15) is 0 Å². The third-order valence-corrected chi connectivity index (χ3v) is 2.89. The lowest BCUT2D eigenvalue weighted by atomic mass is 10.1. The van der Waals surface area contributed by atoms with Gasteiger partial charge in [0, 0.05) is 10.6 Å². The number of hydrogen-bond donors (Lipinski definition) is 1. The van der Waals surface area contributed by atoms with Crippen LogP contribution in [0, 0.1) is 0 Å². The number of carbonyl (C=O) groups is 2. The maximum absolute atomic E-state index is 12.0. The molecule has 0 fully saturated rings. The number of para-hydroxylation sites is 1. The lowest BCUT2D eigenvalue weighted by Gasteiger charge is -2.08. The fourth-order valence-electron chi connectivity index (χ4n) is 1.68. The second-order valence-corrected chi connectivity index (χ2v) is 4.52. The standard InChI is InChI=1S/C15H12ClNO3/c16-11-5-3-4-10(8-11)13(18)9-20-14-7-2-1-6-12(14)15(17)19/h1-8H,9H2,(H2,17,19). The number of hydrogen-bond acceptors (Lipinski definition) is 3. The summed E-state index contributed by atoms with van der Waals surface area (Å²) in [7, 11) is 0. The van der Waals surface area contributed by atoms with Crippen molar-refractivity contribution in [2.45, 2.75) is 0 Å². The van der Waals surface area contributed by atoms with Crippen molar-refractivity contribution < 1.29 is 14.3 Å². The van der Waals surface area contributed by atoms with Gasteiger partial charge in [0.1, 0.15) is 5.75 Å². The van der Waals surface area contributed by atoms with Crippen LogP contribution in [0.3, 0.4) is 0 Å². The van der Waals surface area contributed by atoms with Crippen molar-refractivity contribution in [2.24, 2.45) is 5.73 Å². The minimum atomic E-state index is -0.601. The van der Waals surface area contributed by atoms with Crippen LogP contribution in [0.1, 0.15) is 20.7 Å². The Hall–Kier alpha value is -2.33. The molecule has 0 unspecified atom stereocenters. The summed E-state index contributed by atoms with van der Waals surface area (Å²) in [5.74, 6) is -0.544. The van der Waals surface area contributed by atoms with E-state index in [1.807, 2.05) is 0 Å². The zero-order valence-corrected chi connectivity index (χ0v) is 11.3. The first-order valence-electron chi connectivity index (χ1n) is 5.88. The molecule has 0 aliphatic carbocycles. The smallest absolute Gasteiger partial charge is 0.252 e. The second kappa shape index (κ2) is 6.21.